The lowest BCUT2D eigenvalue weighted by Crippen LogP contribution is -2.25. The highest BCUT2D eigenvalue weighted by molar-refractivity contribution is 6.11. The molecule has 1 aliphatic heterocycles. The summed E-state index contributed by atoms with van der Waals surface area (Å²) in [5.41, 5.74) is 9.74. The predicted octanol–water partition coefficient (Wildman–Crippen LogP) is 11.0. The van der Waals surface area contributed by atoms with E-state index in [4.69, 9.17) is 24.9 Å². The molecule has 0 radical (unpaired) electrons. The minimum Gasteiger partial charge on any atom is -0.259 e. The first-order chi connectivity index (χ1) is 27.2. The number of aromatic nitrogens is 3. The fourth-order valence-corrected chi connectivity index (χ4v) is 8.00. The van der Waals surface area contributed by atoms with E-state index >= 15 is 0 Å². The molecule has 0 amide bonds. The fourth-order valence-electron chi connectivity index (χ4n) is 8.00. The number of para-hydroxylation sites is 1. The highest BCUT2D eigenvalue weighted by atomic mass is 15.0. The van der Waals surface area contributed by atoms with Crippen molar-refractivity contribution in [3.8, 4) is 56.3 Å². The van der Waals surface area contributed by atoms with Crippen molar-refractivity contribution in [1.29, 1.82) is 0 Å². The van der Waals surface area contributed by atoms with Crippen LogP contribution in [0.3, 0.4) is 0 Å². The molecule has 5 heteroatoms. The highest BCUT2D eigenvalue weighted by Gasteiger charge is 2.19. The SMILES string of the molecule is c1ccc(-c2nc3ccccc3c3c4c(c(-c5cccc(-c6cc(-c7ccc8ccccc8c7)nc(-c7ccc8ccccc8c7)n6)c5)cc23)=NCN=4)cc1. The maximum atomic E-state index is 5.25. The van der Waals surface area contributed by atoms with E-state index in [9.17, 15) is 0 Å². The smallest absolute Gasteiger partial charge is 0.160 e. The Morgan fingerprint density at radius 3 is 1.75 bits per heavy atom. The summed E-state index contributed by atoms with van der Waals surface area (Å²) in [5, 5.41) is 9.78. The molecule has 11 rings (SSSR count). The molecule has 0 bridgehead atoms. The quantitative estimate of drug-likeness (QED) is 0.168. The van der Waals surface area contributed by atoms with Crippen molar-refractivity contribution in [1.82, 2.24) is 15.0 Å². The van der Waals surface area contributed by atoms with E-state index in [2.05, 4.69) is 164 Å². The Bertz CT molecular complexity index is 3200. The van der Waals surface area contributed by atoms with Gasteiger partial charge in [0.05, 0.1) is 33.3 Å². The molecule has 8 aromatic carbocycles. The van der Waals surface area contributed by atoms with Gasteiger partial charge in [0, 0.05) is 44.0 Å². The molecule has 2 aromatic heterocycles. The first-order valence-electron chi connectivity index (χ1n) is 18.5. The van der Waals surface area contributed by atoms with Gasteiger partial charge in [0.25, 0.3) is 0 Å². The van der Waals surface area contributed by atoms with E-state index in [1.807, 2.05) is 12.1 Å². The van der Waals surface area contributed by atoms with E-state index in [1.165, 1.54) is 16.2 Å². The maximum Gasteiger partial charge on any atom is 0.160 e. The summed E-state index contributed by atoms with van der Waals surface area (Å²) < 4.78 is 0. The van der Waals surface area contributed by atoms with Crippen LogP contribution in [0, 0.1) is 0 Å². The summed E-state index contributed by atoms with van der Waals surface area (Å²) in [6, 6.07) is 61.6. The van der Waals surface area contributed by atoms with Crippen LogP contribution in [0.4, 0.5) is 0 Å². The minimum atomic E-state index is 0.397. The average Bonchev–Trinajstić information content (AvgIpc) is 3.76. The van der Waals surface area contributed by atoms with E-state index in [0.29, 0.717) is 12.5 Å². The van der Waals surface area contributed by atoms with Gasteiger partial charge in [-0.3, -0.25) is 9.98 Å². The van der Waals surface area contributed by atoms with Crippen LogP contribution in [0.15, 0.2) is 186 Å². The second kappa shape index (κ2) is 12.6. The first kappa shape index (κ1) is 31.2. The molecule has 0 spiro atoms. The van der Waals surface area contributed by atoms with Crippen molar-refractivity contribution in [3.63, 3.8) is 0 Å². The van der Waals surface area contributed by atoms with Gasteiger partial charge in [-0.05, 0) is 63.5 Å². The Hall–Kier alpha value is -7.37. The lowest BCUT2D eigenvalue weighted by Gasteiger charge is -2.14. The Balaban J connectivity index is 1.12. The lowest BCUT2D eigenvalue weighted by molar-refractivity contribution is 1.06. The van der Waals surface area contributed by atoms with Gasteiger partial charge in [0.2, 0.25) is 0 Å². The number of hydrogen-bond acceptors (Lipinski definition) is 5. The average molecular weight is 702 g/mol. The van der Waals surface area contributed by atoms with E-state index in [-0.39, 0.29) is 0 Å². The van der Waals surface area contributed by atoms with Crippen molar-refractivity contribution in [2.45, 2.75) is 0 Å². The Morgan fingerprint density at radius 2 is 0.964 bits per heavy atom. The van der Waals surface area contributed by atoms with Crippen LogP contribution in [-0.2, 0) is 0 Å². The molecule has 256 valence electrons. The standard InChI is InChI=1S/C50H31N5/c1-2-13-33(14-3-1)47-42-28-41(48-49(52-30-51-48)46(42)40-19-8-9-20-43(40)53-47)36-17-10-18-37(27-36)44-29-45(38-23-21-31-11-4-6-15-34(31)25-38)55-50(54-44)39-24-22-32-12-5-7-16-35(32)26-39/h1-29H,30H2. The van der Waals surface area contributed by atoms with Gasteiger partial charge >= 0.3 is 0 Å². The zero-order valence-corrected chi connectivity index (χ0v) is 29.7. The van der Waals surface area contributed by atoms with Gasteiger partial charge in [-0.25, -0.2) is 15.0 Å². The molecule has 1 aliphatic rings. The van der Waals surface area contributed by atoms with Crippen LogP contribution in [0.25, 0.3) is 99.5 Å². The van der Waals surface area contributed by atoms with Gasteiger partial charge in [-0.1, -0.05) is 140 Å². The third-order valence-electron chi connectivity index (χ3n) is 10.7. The summed E-state index contributed by atoms with van der Waals surface area (Å²) in [5.74, 6) is 0.683. The summed E-state index contributed by atoms with van der Waals surface area (Å²) >= 11 is 0. The zero-order valence-electron chi connectivity index (χ0n) is 29.7. The molecule has 0 saturated carbocycles. The fraction of sp³-hybridized carbons (Fsp3) is 0.0200. The third-order valence-corrected chi connectivity index (χ3v) is 10.7. The molecule has 0 aliphatic carbocycles. The number of hydrogen-bond donors (Lipinski definition) is 0. The molecule has 5 nitrogen and oxygen atoms in total. The molecule has 0 atom stereocenters. The number of fused-ring (bicyclic) bond motifs is 7. The maximum absolute atomic E-state index is 5.25. The lowest BCUT2D eigenvalue weighted by atomic mass is 9.93. The van der Waals surface area contributed by atoms with Crippen LogP contribution in [0.1, 0.15) is 0 Å². The molecule has 55 heavy (non-hydrogen) atoms. The highest BCUT2D eigenvalue weighted by Crippen LogP contribution is 2.35. The summed E-state index contributed by atoms with van der Waals surface area (Å²) in [6.45, 7) is 0.397. The van der Waals surface area contributed by atoms with Crippen molar-refractivity contribution < 1.29 is 0 Å². The Kier molecular flexibility index (Phi) is 7.17. The van der Waals surface area contributed by atoms with Gasteiger partial charge in [0.15, 0.2) is 5.82 Å². The molecule has 0 N–H and O–H groups in total. The Labute approximate surface area is 316 Å². The molecule has 3 heterocycles. The zero-order chi connectivity index (χ0) is 36.3. The van der Waals surface area contributed by atoms with Crippen molar-refractivity contribution in [2.75, 3.05) is 6.67 Å². The normalized spacial score (nSPS) is 12.2. The predicted molar refractivity (Wildman–Crippen MR) is 224 cm³/mol. The van der Waals surface area contributed by atoms with Crippen LogP contribution < -0.4 is 10.7 Å². The van der Waals surface area contributed by atoms with Crippen LogP contribution in [-0.4, -0.2) is 21.6 Å². The van der Waals surface area contributed by atoms with Crippen LogP contribution in [0.5, 0.6) is 0 Å². The summed E-state index contributed by atoms with van der Waals surface area (Å²) in [6.07, 6.45) is 0. The van der Waals surface area contributed by atoms with Crippen molar-refractivity contribution >= 4 is 43.2 Å². The number of rotatable bonds is 5. The van der Waals surface area contributed by atoms with Crippen LogP contribution in [0.2, 0.25) is 0 Å². The minimum absolute atomic E-state index is 0.397. The van der Waals surface area contributed by atoms with Crippen molar-refractivity contribution in [3.05, 3.63) is 187 Å². The number of nitrogens with zero attached hydrogens (tertiary/aromatic N) is 5. The first-order valence-corrected chi connectivity index (χ1v) is 18.5. The van der Waals surface area contributed by atoms with Gasteiger partial charge < -0.3 is 0 Å². The van der Waals surface area contributed by atoms with E-state index in [0.717, 1.165) is 88.2 Å². The molecular weight excluding hydrogens is 671 g/mol. The van der Waals surface area contributed by atoms with Gasteiger partial charge in [0.1, 0.15) is 6.67 Å². The molecule has 10 aromatic rings. The summed E-state index contributed by atoms with van der Waals surface area (Å²) in [7, 11) is 0. The van der Waals surface area contributed by atoms with E-state index in [1.54, 1.807) is 0 Å². The van der Waals surface area contributed by atoms with Gasteiger partial charge in [-0.2, -0.15) is 0 Å². The van der Waals surface area contributed by atoms with Crippen LogP contribution >= 0.6 is 0 Å². The largest absolute Gasteiger partial charge is 0.259 e. The number of pyridine rings is 1. The third kappa shape index (κ3) is 5.36. The van der Waals surface area contributed by atoms with E-state index < -0.39 is 0 Å². The Morgan fingerprint density at radius 1 is 0.364 bits per heavy atom. The molecular formula is C50H31N5. The molecule has 0 unspecified atom stereocenters. The topological polar surface area (TPSA) is 63.4 Å². The van der Waals surface area contributed by atoms with Gasteiger partial charge in [-0.15, -0.1) is 0 Å². The second-order valence-electron chi connectivity index (χ2n) is 14.0. The molecule has 0 saturated heterocycles. The molecule has 0 fully saturated rings. The monoisotopic (exact) mass is 701 g/mol. The van der Waals surface area contributed by atoms with Crippen molar-refractivity contribution in [2.24, 2.45) is 9.98 Å². The summed E-state index contributed by atoms with van der Waals surface area (Å²) in [4.78, 5) is 25.6. The number of benzene rings is 8. The second-order valence-corrected chi connectivity index (χ2v) is 14.0.